The minimum atomic E-state index is 0. The molecule has 3 rings (SSSR count). The highest BCUT2D eigenvalue weighted by atomic mass is 127. The fourth-order valence-corrected chi connectivity index (χ4v) is 3.58. The summed E-state index contributed by atoms with van der Waals surface area (Å²) in [6.45, 7) is 7.06. The number of rotatable bonds is 5. The summed E-state index contributed by atoms with van der Waals surface area (Å²) in [4.78, 5) is 25.6. The van der Waals surface area contributed by atoms with E-state index in [-0.39, 0.29) is 29.9 Å². The van der Waals surface area contributed by atoms with Crippen molar-refractivity contribution in [3.8, 4) is 0 Å². The van der Waals surface area contributed by atoms with E-state index in [1.54, 1.807) is 27.1 Å². The van der Waals surface area contributed by atoms with Gasteiger partial charge in [0.15, 0.2) is 5.96 Å². The Bertz CT molecular complexity index is 788. The molecule has 1 saturated heterocycles. The maximum atomic E-state index is 12.6. The zero-order valence-electron chi connectivity index (χ0n) is 15.9. The lowest BCUT2D eigenvalue weighted by Gasteiger charge is -2.35. The molecule has 0 unspecified atom stereocenters. The number of carbonyl (C=O) groups is 1. The maximum absolute atomic E-state index is 12.6. The molecule has 2 aromatic heterocycles. The van der Waals surface area contributed by atoms with Gasteiger partial charge in [-0.15, -0.1) is 35.3 Å². The van der Waals surface area contributed by atoms with Crippen LogP contribution in [0.25, 0.3) is 0 Å². The molecule has 1 aliphatic rings. The van der Waals surface area contributed by atoms with E-state index < -0.39 is 0 Å². The lowest BCUT2D eigenvalue weighted by atomic mass is 10.3. The van der Waals surface area contributed by atoms with Crippen molar-refractivity contribution < 1.29 is 4.79 Å². The van der Waals surface area contributed by atoms with Gasteiger partial charge in [0.25, 0.3) is 0 Å². The van der Waals surface area contributed by atoms with Crippen LogP contribution in [-0.2, 0) is 24.8 Å². The molecule has 27 heavy (non-hydrogen) atoms. The Morgan fingerprint density at radius 1 is 1.37 bits per heavy atom. The van der Waals surface area contributed by atoms with Crippen molar-refractivity contribution >= 4 is 52.9 Å². The van der Waals surface area contributed by atoms with Crippen molar-refractivity contribution in [1.29, 1.82) is 0 Å². The Morgan fingerprint density at radius 2 is 2.19 bits per heavy atom. The number of hydrogen-bond acceptors (Lipinski definition) is 5. The van der Waals surface area contributed by atoms with E-state index in [1.807, 2.05) is 25.1 Å². The van der Waals surface area contributed by atoms with Gasteiger partial charge in [-0.25, -0.2) is 9.98 Å². The van der Waals surface area contributed by atoms with E-state index in [2.05, 4.69) is 32.7 Å². The molecule has 0 aliphatic carbocycles. The fourth-order valence-electron chi connectivity index (χ4n) is 2.84. The summed E-state index contributed by atoms with van der Waals surface area (Å²) >= 11 is 1.67. The standard InChI is InChI=1S/C17H25N7OS.HI/c1-4-15-21-13(12-26-15)8-19-17(18-5-2)23-6-7-24(16(25)11-23)14-9-20-22(3)10-14;/h9-10,12H,4-8,11H2,1-3H3,(H,18,19);1H. The summed E-state index contributed by atoms with van der Waals surface area (Å²) in [7, 11) is 1.85. The number of aromatic nitrogens is 3. The van der Waals surface area contributed by atoms with Gasteiger partial charge in [0, 0.05) is 38.3 Å². The zero-order chi connectivity index (χ0) is 18.5. The molecule has 1 N–H and O–H groups in total. The topological polar surface area (TPSA) is 78.7 Å². The van der Waals surface area contributed by atoms with Crippen molar-refractivity contribution in [3.63, 3.8) is 0 Å². The lowest BCUT2D eigenvalue weighted by molar-refractivity contribution is -0.120. The van der Waals surface area contributed by atoms with Gasteiger partial charge < -0.3 is 15.1 Å². The molecule has 8 nitrogen and oxygen atoms in total. The quantitative estimate of drug-likeness (QED) is 0.383. The summed E-state index contributed by atoms with van der Waals surface area (Å²) in [5, 5.41) is 10.6. The average molecular weight is 503 g/mol. The van der Waals surface area contributed by atoms with Crippen LogP contribution in [0, 0.1) is 0 Å². The van der Waals surface area contributed by atoms with E-state index >= 15 is 0 Å². The van der Waals surface area contributed by atoms with E-state index in [4.69, 9.17) is 0 Å². The van der Waals surface area contributed by atoms with Gasteiger partial charge in [-0.3, -0.25) is 9.48 Å². The lowest BCUT2D eigenvalue weighted by Crippen LogP contribution is -2.55. The molecule has 0 radical (unpaired) electrons. The SMILES string of the molecule is CCNC(=NCc1csc(CC)n1)N1CCN(c2cnn(C)c2)C(=O)C1.I. The summed E-state index contributed by atoms with van der Waals surface area (Å²) < 4.78 is 1.71. The summed E-state index contributed by atoms with van der Waals surface area (Å²) in [6.07, 6.45) is 4.53. The highest BCUT2D eigenvalue weighted by molar-refractivity contribution is 14.0. The van der Waals surface area contributed by atoms with Crippen LogP contribution in [0.4, 0.5) is 5.69 Å². The minimum absolute atomic E-state index is 0. The number of amides is 1. The monoisotopic (exact) mass is 503 g/mol. The first-order valence-electron chi connectivity index (χ1n) is 8.86. The van der Waals surface area contributed by atoms with Gasteiger partial charge in [0.2, 0.25) is 5.91 Å². The number of anilines is 1. The second-order valence-corrected chi connectivity index (χ2v) is 7.04. The number of thiazole rings is 1. The number of piperazine rings is 1. The van der Waals surface area contributed by atoms with Gasteiger partial charge in [-0.05, 0) is 13.3 Å². The van der Waals surface area contributed by atoms with Crippen LogP contribution in [-0.4, -0.2) is 57.7 Å². The number of halogens is 1. The Labute approximate surface area is 180 Å². The first-order chi connectivity index (χ1) is 12.6. The summed E-state index contributed by atoms with van der Waals surface area (Å²) in [5.74, 6) is 0.814. The molecular weight excluding hydrogens is 477 g/mol. The fraction of sp³-hybridized carbons (Fsp3) is 0.529. The van der Waals surface area contributed by atoms with Crippen LogP contribution in [0.15, 0.2) is 22.8 Å². The van der Waals surface area contributed by atoms with Crippen molar-refractivity contribution in [2.45, 2.75) is 26.8 Å². The number of hydrogen-bond donors (Lipinski definition) is 1. The number of nitrogens with zero attached hydrogens (tertiary/aromatic N) is 6. The largest absolute Gasteiger partial charge is 0.356 e. The molecule has 3 heterocycles. The van der Waals surface area contributed by atoms with Gasteiger partial charge in [0.05, 0.1) is 29.1 Å². The third-order valence-corrected chi connectivity index (χ3v) is 5.19. The molecule has 1 fully saturated rings. The number of carbonyl (C=O) groups excluding carboxylic acids is 1. The van der Waals surface area contributed by atoms with Crippen LogP contribution in [0.2, 0.25) is 0 Å². The van der Waals surface area contributed by atoms with E-state index in [1.165, 1.54) is 0 Å². The minimum Gasteiger partial charge on any atom is -0.356 e. The van der Waals surface area contributed by atoms with Crippen molar-refractivity contribution in [1.82, 2.24) is 25.0 Å². The number of guanidine groups is 1. The van der Waals surface area contributed by atoms with E-state index in [9.17, 15) is 4.79 Å². The van der Waals surface area contributed by atoms with Crippen LogP contribution in [0.5, 0.6) is 0 Å². The van der Waals surface area contributed by atoms with Crippen LogP contribution in [0.3, 0.4) is 0 Å². The average Bonchev–Trinajstić information content (AvgIpc) is 3.27. The third kappa shape index (κ3) is 5.41. The number of nitrogens with one attached hydrogen (secondary N) is 1. The Morgan fingerprint density at radius 3 is 2.78 bits per heavy atom. The first-order valence-corrected chi connectivity index (χ1v) is 9.74. The second-order valence-electron chi connectivity index (χ2n) is 6.10. The van der Waals surface area contributed by atoms with Gasteiger partial charge in [-0.2, -0.15) is 5.10 Å². The zero-order valence-corrected chi connectivity index (χ0v) is 19.0. The highest BCUT2D eigenvalue weighted by Crippen LogP contribution is 2.16. The third-order valence-electron chi connectivity index (χ3n) is 4.15. The normalized spacial score (nSPS) is 15.1. The van der Waals surface area contributed by atoms with Crippen LogP contribution in [0.1, 0.15) is 24.5 Å². The van der Waals surface area contributed by atoms with Crippen molar-refractivity contribution in [2.75, 3.05) is 31.1 Å². The van der Waals surface area contributed by atoms with Crippen LogP contribution < -0.4 is 10.2 Å². The van der Waals surface area contributed by atoms with E-state index in [0.29, 0.717) is 19.6 Å². The van der Waals surface area contributed by atoms with Crippen LogP contribution >= 0.6 is 35.3 Å². The predicted octanol–water partition coefficient (Wildman–Crippen LogP) is 1.87. The van der Waals surface area contributed by atoms with Gasteiger partial charge in [0.1, 0.15) is 6.54 Å². The predicted molar refractivity (Wildman–Crippen MR) is 119 cm³/mol. The Kier molecular flexibility index (Phi) is 8.02. The molecule has 0 aromatic carbocycles. The van der Waals surface area contributed by atoms with Gasteiger partial charge >= 0.3 is 0 Å². The Balaban J connectivity index is 0.00000261. The second kappa shape index (κ2) is 10.0. The Hall–Kier alpha value is -1.69. The molecule has 1 aliphatic heterocycles. The molecule has 0 spiro atoms. The highest BCUT2D eigenvalue weighted by Gasteiger charge is 2.27. The molecule has 0 saturated carbocycles. The molecule has 0 bridgehead atoms. The van der Waals surface area contributed by atoms with E-state index in [0.717, 1.165) is 41.9 Å². The number of aliphatic imine (C=N–C) groups is 1. The molecule has 148 valence electrons. The van der Waals surface area contributed by atoms with Crippen molar-refractivity contribution in [3.05, 3.63) is 28.5 Å². The van der Waals surface area contributed by atoms with Crippen molar-refractivity contribution in [2.24, 2.45) is 12.0 Å². The number of aryl methyl sites for hydroxylation is 2. The molecule has 0 atom stereocenters. The first kappa shape index (κ1) is 21.6. The smallest absolute Gasteiger partial charge is 0.246 e. The molecule has 10 heteroatoms. The summed E-state index contributed by atoms with van der Waals surface area (Å²) in [6, 6.07) is 0. The maximum Gasteiger partial charge on any atom is 0.246 e. The van der Waals surface area contributed by atoms with Gasteiger partial charge in [-0.1, -0.05) is 6.92 Å². The molecule has 1 amide bonds. The molecule has 2 aromatic rings. The molecular formula is C17H26IN7OS. The summed E-state index contributed by atoms with van der Waals surface area (Å²) in [5.41, 5.74) is 1.82.